The molecule has 2 aliphatic rings. The molecule has 192 valence electrons. The molecule has 2 saturated carbocycles. The number of rotatable bonds is 7. The fourth-order valence-corrected chi connectivity index (χ4v) is 5.41. The first-order valence-corrected chi connectivity index (χ1v) is 12.1. The zero-order chi connectivity index (χ0) is 25.3. The molecule has 2 fully saturated rings. The van der Waals surface area contributed by atoms with E-state index in [4.69, 9.17) is 9.29 Å². The van der Waals surface area contributed by atoms with Gasteiger partial charge in [-0.3, -0.25) is 14.1 Å². The first-order valence-electron chi connectivity index (χ1n) is 10.5. The minimum absolute atomic E-state index is 0.0122. The van der Waals surface area contributed by atoms with Gasteiger partial charge in [0.2, 0.25) is 0 Å². The highest BCUT2D eigenvalue weighted by molar-refractivity contribution is 7.85. The van der Waals surface area contributed by atoms with E-state index in [-0.39, 0.29) is 19.3 Å². The van der Waals surface area contributed by atoms with Crippen molar-refractivity contribution in [3.63, 3.8) is 0 Å². The first-order chi connectivity index (χ1) is 15.0. The summed E-state index contributed by atoms with van der Waals surface area (Å²) in [6, 6.07) is 0. The van der Waals surface area contributed by atoms with E-state index in [1.54, 1.807) is 6.92 Å². The fourth-order valence-electron chi connectivity index (χ4n) is 4.51. The van der Waals surface area contributed by atoms with Crippen LogP contribution in [0.5, 0.6) is 0 Å². The van der Waals surface area contributed by atoms with Gasteiger partial charge >= 0.3 is 29.9 Å². The highest BCUT2D eigenvalue weighted by atomic mass is 32.2. The van der Waals surface area contributed by atoms with Crippen molar-refractivity contribution in [3.8, 4) is 0 Å². The van der Waals surface area contributed by atoms with Gasteiger partial charge in [-0.25, -0.2) is 0 Å². The third kappa shape index (κ3) is 6.11. The van der Waals surface area contributed by atoms with E-state index < -0.39 is 63.2 Å². The summed E-state index contributed by atoms with van der Waals surface area (Å²) >= 11 is 0. The smallest absolute Gasteiger partial charge is 0.438 e. The molecule has 1 N–H and O–H groups in total. The lowest BCUT2D eigenvalue weighted by molar-refractivity contribution is -0.362. The summed E-state index contributed by atoms with van der Waals surface area (Å²) in [7, 11) is -5.89. The average molecular weight is 512 g/mol. The van der Waals surface area contributed by atoms with Gasteiger partial charge in [0.05, 0.1) is 11.8 Å². The van der Waals surface area contributed by atoms with E-state index in [0.29, 0.717) is 25.7 Å². The second kappa shape index (κ2) is 9.59. The monoisotopic (exact) mass is 512 g/mol. The molecule has 7 nitrogen and oxygen atoms in total. The molecule has 2 atom stereocenters. The molecular formula is C19H26F6O7S. The van der Waals surface area contributed by atoms with Crippen molar-refractivity contribution in [3.05, 3.63) is 0 Å². The van der Waals surface area contributed by atoms with Crippen molar-refractivity contribution in [1.82, 2.24) is 0 Å². The highest BCUT2D eigenvalue weighted by Crippen LogP contribution is 2.48. The van der Waals surface area contributed by atoms with Crippen LogP contribution in [0.25, 0.3) is 0 Å². The van der Waals surface area contributed by atoms with Crippen LogP contribution in [0.3, 0.4) is 0 Å². The zero-order valence-corrected chi connectivity index (χ0v) is 18.6. The third-order valence-electron chi connectivity index (χ3n) is 6.42. The largest absolute Gasteiger partial charge is 0.459 e. The summed E-state index contributed by atoms with van der Waals surface area (Å²) in [5.41, 5.74) is -6.29. The maximum Gasteiger partial charge on any atom is 0.438 e. The van der Waals surface area contributed by atoms with Gasteiger partial charge in [-0.05, 0) is 44.9 Å². The molecule has 33 heavy (non-hydrogen) atoms. The third-order valence-corrected chi connectivity index (χ3v) is 7.20. The number of carbonyl (C=O) groups excluding carboxylic acids is 2. The van der Waals surface area contributed by atoms with Crippen LogP contribution in [0.15, 0.2) is 0 Å². The quantitative estimate of drug-likeness (QED) is 0.307. The summed E-state index contributed by atoms with van der Waals surface area (Å²) in [6.07, 6.45) is -9.35. The molecule has 0 bridgehead atoms. The van der Waals surface area contributed by atoms with Gasteiger partial charge in [0.1, 0.15) is 11.4 Å². The molecule has 0 aliphatic heterocycles. The predicted molar refractivity (Wildman–Crippen MR) is 100 cm³/mol. The summed E-state index contributed by atoms with van der Waals surface area (Å²) in [5.74, 6) is -8.90. The molecule has 0 aromatic heterocycles. The van der Waals surface area contributed by atoms with E-state index in [1.807, 2.05) is 0 Å². The Morgan fingerprint density at radius 3 is 1.76 bits per heavy atom. The Balaban J connectivity index is 2.35. The van der Waals surface area contributed by atoms with E-state index in [0.717, 1.165) is 12.8 Å². The molecule has 0 aromatic rings. The Kier molecular flexibility index (Phi) is 8.04. The van der Waals surface area contributed by atoms with E-state index >= 15 is 0 Å². The number of hydrogen-bond donors (Lipinski definition) is 1. The standard InChI is InChI=1S/C19H26F6O7S/c1-2-16(9-5-6-10-16)31-14(26)12-7-3-4-8-13(12)15(27)32-17(18(20,21)22,19(23,24)25)11-33(28,29)30/h12-13H,2-11H2,1H3,(H,28,29,30). The van der Waals surface area contributed by atoms with E-state index in [9.17, 15) is 44.3 Å². The molecule has 2 unspecified atom stereocenters. The van der Waals surface area contributed by atoms with Crippen LogP contribution in [0.2, 0.25) is 0 Å². The second-order valence-electron chi connectivity index (χ2n) is 8.63. The van der Waals surface area contributed by atoms with Crippen molar-refractivity contribution in [1.29, 1.82) is 0 Å². The number of alkyl halides is 6. The first kappa shape index (κ1) is 27.7. The molecular weight excluding hydrogens is 486 g/mol. The minimum Gasteiger partial charge on any atom is -0.459 e. The molecule has 14 heteroatoms. The summed E-state index contributed by atoms with van der Waals surface area (Å²) in [6.45, 7) is 1.78. The predicted octanol–water partition coefficient (Wildman–Crippen LogP) is 4.35. The highest BCUT2D eigenvalue weighted by Gasteiger charge is 2.76. The van der Waals surface area contributed by atoms with Gasteiger partial charge in [-0.2, -0.15) is 34.8 Å². The van der Waals surface area contributed by atoms with E-state index in [1.165, 1.54) is 0 Å². The number of ether oxygens (including phenoxy) is 2. The normalized spacial score (nSPS) is 24.4. The molecule has 0 aromatic carbocycles. The van der Waals surface area contributed by atoms with Crippen molar-refractivity contribution < 1.29 is 58.4 Å². The molecule has 0 amide bonds. The number of esters is 2. The lowest BCUT2D eigenvalue weighted by atomic mass is 9.79. The minimum atomic E-state index is -6.42. The van der Waals surface area contributed by atoms with Crippen LogP contribution in [-0.2, 0) is 29.2 Å². The van der Waals surface area contributed by atoms with Crippen molar-refractivity contribution in [2.45, 2.75) is 88.3 Å². The molecule has 0 saturated heterocycles. The van der Waals surface area contributed by atoms with Crippen molar-refractivity contribution >= 4 is 22.1 Å². The van der Waals surface area contributed by atoms with Gasteiger partial charge in [0.15, 0.2) is 0 Å². The van der Waals surface area contributed by atoms with Crippen LogP contribution >= 0.6 is 0 Å². The molecule has 0 heterocycles. The number of carbonyl (C=O) groups is 2. The van der Waals surface area contributed by atoms with Gasteiger partial charge in [0.25, 0.3) is 10.1 Å². The lowest BCUT2D eigenvalue weighted by Crippen LogP contribution is -2.64. The molecule has 2 rings (SSSR count). The van der Waals surface area contributed by atoms with Crippen molar-refractivity contribution in [2.75, 3.05) is 5.75 Å². The molecule has 0 radical (unpaired) electrons. The van der Waals surface area contributed by atoms with Gasteiger partial charge < -0.3 is 9.47 Å². The second-order valence-corrected chi connectivity index (χ2v) is 10.1. The van der Waals surface area contributed by atoms with Crippen LogP contribution in [0.4, 0.5) is 26.3 Å². The maximum absolute atomic E-state index is 13.5. The molecule has 2 aliphatic carbocycles. The van der Waals surface area contributed by atoms with Crippen LogP contribution in [0.1, 0.15) is 64.7 Å². The van der Waals surface area contributed by atoms with Crippen molar-refractivity contribution in [2.24, 2.45) is 11.8 Å². The van der Waals surface area contributed by atoms with Gasteiger partial charge in [-0.15, -0.1) is 0 Å². The van der Waals surface area contributed by atoms with Gasteiger partial charge in [-0.1, -0.05) is 19.8 Å². The summed E-state index contributed by atoms with van der Waals surface area (Å²) in [4.78, 5) is 25.4. The van der Waals surface area contributed by atoms with E-state index in [2.05, 4.69) is 4.74 Å². The number of halogens is 6. The molecule has 0 spiro atoms. The maximum atomic E-state index is 13.5. The lowest BCUT2D eigenvalue weighted by Gasteiger charge is -2.38. The van der Waals surface area contributed by atoms with Crippen LogP contribution < -0.4 is 0 Å². The topological polar surface area (TPSA) is 107 Å². The Morgan fingerprint density at radius 1 is 0.909 bits per heavy atom. The van der Waals surface area contributed by atoms with Gasteiger partial charge in [0, 0.05) is 0 Å². The Hall–Kier alpha value is -1.57. The summed E-state index contributed by atoms with van der Waals surface area (Å²) < 4.78 is 121. The van der Waals surface area contributed by atoms with Crippen LogP contribution in [-0.4, -0.2) is 54.2 Å². The zero-order valence-electron chi connectivity index (χ0n) is 17.8. The number of hydrogen-bond acceptors (Lipinski definition) is 6. The summed E-state index contributed by atoms with van der Waals surface area (Å²) in [5, 5.41) is 0. The fraction of sp³-hybridized carbons (Fsp3) is 0.895. The Bertz CT molecular complexity index is 817. The Morgan fingerprint density at radius 2 is 1.36 bits per heavy atom. The van der Waals surface area contributed by atoms with Crippen LogP contribution in [0, 0.1) is 11.8 Å². The Labute approximate surface area is 186 Å². The average Bonchev–Trinajstić information content (AvgIpc) is 3.13. The SMILES string of the molecule is CCC1(OC(=O)C2CCCCC2C(=O)OC(CS(=O)(=O)O)(C(F)(F)F)C(F)(F)F)CCCC1.